The molecule has 9 heteroatoms. The number of aliphatic hydroxyl groups excluding tert-OH is 2. The van der Waals surface area contributed by atoms with Gasteiger partial charge in [0.15, 0.2) is 11.7 Å². The third-order valence-corrected chi connectivity index (χ3v) is 8.10. The van der Waals surface area contributed by atoms with E-state index in [1.54, 1.807) is 6.92 Å². The van der Waals surface area contributed by atoms with Crippen LogP contribution in [0.3, 0.4) is 0 Å². The zero-order chi connectivity index (χ0) is 20.0. The molecule has 0 aromatic heterocycles. The highest BCUT2D eigenvalue weighted by Crippen LogP contribution is 2.75. The van der Waals surface area contributed by atoms with Crippen molar-refractivity contribution in [2.24, 2.45) is 16.7 Å². The molecule has 4 aliphatic heterocycles. The van der Waals surface area contributed by atoms with Gasteiger partial charge in [0, 0.05) is 17.4 Å². The number of esters is 2. The maximum absolute atomic E-state index is 12.9. The molecule has 0 bridgehead atoms. The summed E-state index contributed by atoms with van der Waals surface area (Å²) in [5.74, 6) is -1.62. The summed E-state index contributed by atoms with van der Waals surface area (Å²) in [7, 11) is 0. The van der Waals surface area contributed by atoms with Gasteiger partial charge < -0.3 is 34.3 Å². The Morgan fingerprint density at radius 3 is 2.54 bits per heavy atom. The Hall–Kier alpha value is -1.52. The highest BCUT2D eigenvalue weighted by molar-refractivity contribution is 5.88. The summed E-state index contributed by atoms with van der Waals surface area (Å²) >= 11 is 0. The van der Waals surface area contributed by atoms with Crippen molar-refractivity contribution in [1.82, 2.24) is 0 Å². The van der Waals surface area contributed by atoms with Crippen molar-refractivity contribution in [1.29, 1.82) is 0 Å². The molecule has 4 heterocycles. The van der Waals surface area contributed by atoms with Crippen LogP contribution in [0.4, 0.5) is 0 Å². The van der Waals surface area contributed by atoms with E-state index in [-0.39, 0.29) is 0 Å². The molecule has 0 aromatic rings. The molecule has 2 aliphatic carbocycles. The van der Waals surface area contributed by atoms with Gasteiger partial charge in [-0.25, -0.2) is 4.79 Å². The summed E-state index contributed by atoms with van der Waals surface area (Å²) < 4.78 is 23.0. The first-order chi connectivity index (χ1) is 13.0. The largest absolute Gasteiger partial charge is 0.459 e. The lowest BCUT2D eigenvalue weighted by molar-refractivity contribution is -0.178. The zero-order valence-corrected chi connectivity index (χ0v) is 15.6. The van der Waals surface area contributed by atoms with E-state index in [1.807, 2.05) is 6.92 Å². The highest BCUT2D eigenvalue weighted by atomic mass is 16.7. The maximum atomic E-state index is 12.9. The average Bonchev–Trinajstić information content (AvgIpc) is 3.53. The number of carbonyl (C=O) groups excluding carboxylic acids is 2. The van der Waals surface area contributed by atoms with Crippen molar-refractivity contribution in [3.63, 3.8) is 0 Å². The minimum Gasteiger partial charge on any atom is -0.459 e. The zero-order valence-electron chi connectivity index (χ0n) is 15.6. The van der Waals surface area contributed by atoms with Gasteiger partial charge in [0.25, 0.3) is 0 Å². The normalized spacial score (nSPS) is 59.5. The van der Waals surface area contributed by atoms with Crippen molar-refractivity contribution in [2.45, 2.75) is 68.6 Å². The number of cyclic esters (lactones) is 1. The topological polar surface area (TPSA) is 138 Å². The molecule has 0 radical (unpaired) electrons. The fourth-order valence-electron chi connectivity index (χ4n) is 6.75. The molecule has 6 rings (SSSR count). The molecule has 11 atom stereocenters. The summed E-state index contributed by atoms with van der Waals surface area (Å²) in [6.07, 6.45) is -3.06. The van der Waals surface area contributed by atoms with Gasteiger partial charge in [0.1, 0.15) is 29.3 Å². The first-order valence-electron chi connectivity index (χ1n) is 9.53. The number of rotatable bonds is 2. The minimum atomic E-state index is -1.75. The van der Waals surface area contributed by atoms with Crippen LogP contribution in [0.25, 0.3) is 0 Å². The lowest BCUT2D eigenvalue weighted by atomic mass is 9.46. The molecule has 1 spiro atoms. The molecule has 0 aromatic carbocycles. The van der Waals surface area contributed by atoms with Crippen LogP contribution in [0.2, 0.25) is 0 Å². The quantitative estimate of drug-likeness (QED) is 0.374. The van der Waals surface area contributed by atoms with Crippen molar-refractivity contribution in [2.75, 3.05) is 6.61 Å². The van der Waals surface area contributed by atoms with Gasteiger partial charge in [-0.3, -0.25) is 4.79 Å². The third-order valence-electron chi connectivity index (χ3n) is 8.10. The molecule has 3 saturated heterocycles. The number of hydrogen-bond donors (Lipinski definition) is 3. The van der Waals surface area contributed by atoms with E-state index in [9.17, 15) is 24.9 Å². The van der Waals surface area contributed by atoms with Gasteiger partial charge >= 0.3 is 11.9 Å². The maximum Gasteiger partial charge on any atom is 0.331 e. The number of aliphatic hydroxyl groups is 3. The van der Waals surface area contributed by atoms with Crippen LogP contribution >= 0.6 is 0 Å². The van der Waals surface area contributed by atoms with Gasteiger partial charge in [-0.15, -0.1) is 0 Å². The van der Waals surface area contributed by atoms with Gasteiger partial charge in [-0.1, -0.05) is 6.92 Å². The van der Waals surface area contributed by atoms with E-state index < -0.39 is 83.1 Å². The molecular weight excluding hydrogens is 372 g/mol. The van der Waals surface area contributed by atoms with Crippen LogP contribution in [0, 0.1) is 16.7 Å². The second kappa shape index (κ2) is 4.46. The standard InChI is InChI=1S/C19H22O9/c1-16(24,5-20)14-19-6(4-7(21)25-14)17(2)10-8(13(19)28-19)27-15(23)18(10,3)11(22)9-12(17)26-9/h4,8-14,20,22,24H,5H2,1-3H3/t8-,9+,10+,11-,12+,13+,14+,16+,17+,18+,19-/m0/s1. The van der Waals surface area contributed by atoms with Crippen LogP contribution in [-0.4, -0.2) is 81.7 Å². The van der Waals surface area contributed by atoms with E-state index >= 15 is 0 Å². The van der Waals surface area contributed by atoms with Gasteiger partial charge in [-0.05, 0) is 19.4 Å². The fourth-order valence-corrected chi connectivity index (χ4v) is 6.75. The van der Waals surface area contributed by atoms with Crippen molar-refractivity contribution in [3.05, 3.63) is 11.6 Å². The average molecular weight is 394 g/mol. The SMILES string of the molecule is C[C@@]12C3=CC(=O)O[C@H]([C@](C)(O)CO)[C@]34O[C@@H]4[C@H]3OC(=O)[C@](C)([C@H]31)[C@@H](O)[C@H]1O[C@H]12. The third kappa shape index (κ3) is 1.51. The van der Waals surface area contributed by atoms with E-state index in [2.05, 4.69) is 0 Å². The summed E-state index contributed by atoms with van der Waals surface area (Å²) in [6.45, 7) is 4.32. The summed E-state index contributed by atoms with van der Waals surface area (Å²) in [5.41, 5.74) is -4.37. The van der Waals surface area contributed by atoms with Crippen molar-refractivity contribution in [3.8, 4) is 0 Å². The molecule has 3 N–H and O–H groups in total. The van der Waals surface area contributed by atoms with Gasteiger partial charge in [-0.2, -0.15) is 0 Å². The van der Waals surface area contributed by atoms with Crippen LogP contribution in [0.1, 0.15) is 20.8 Å². The molecular formula is C19H22O9. The number of hydrogen-bond acceptors (Lipinski definition) is 9. The molecule has 28 heavy (non-hydrogen) atoms. The number of carbonyl (C=O) groups is 2. The van der Waals surface area contributed by atoms with E-state index in [0.29, 0.717) is 5.57 Å². The van der Waals surface area contributed by atoms with Crippen molar-refractivity contribution >= 4 is 11.9 Å². The van der Waals surface area contributed by atoms with Crippen LogP contribution in [-0.2, 0) is 28.5 Å². The number of epoxide rings is 2. The molecule has 152 valence electrons. The van der Waals surface area contributed by atoms with Gasteiger partial charge in [0.2, 0.25) is 0 Å². The first kappa shape index (κ1) is 17.3. The predicted molar refractivity (Wildman–Crippen MR) is 87.5 cm³/mol. The first-order valence-corrected chi connectivity index (χ1v) is 9.53. The van der Waals surface area contributed by atoms with Gasteiger partial charge in [0.05, 0.1) is 18.8 Å². The summed E-state index contributed by atoms with van der Waals surface area (Å²) in [5, 5.41) is 31.3. The Labute approximate surface area is 160 Å². The number of ether oxygens (including phenoxy) is 4. The van der Waals surface area contributed by atoms with Crippen molar-refractivity contribution < 1.29 is 43.9 Å². The molecule has 0 amide bonds. The van der Waals surface area contributed by atoms with E-state index in [1.165, 1.54) is 13.0 Å². The van der Waals surface area contributed by atoms with E-state index in [0.717, 1.165) is 0 Å². The Balaban J connectivity index is 1.58. The fraction of sp³-hybridized carbons (Fsp3) is 0.789. The van der Waals surface area contributed by atoms with Crippen LogP contribution in [0.5, 0.6) is 0 Å². The Bertz CT molecular complexity index is 865. The molecule has 2 saturated carbocycles. The molecule has 9 nitrogen and oxygen atoms in total. The Kier molecular flexibility index (Phi) is 2.77. The number of fused-ring (bicyclic) bond motifs is 4. The molecule has 0 unspecified atom stereocenters. The molecule has 6 aliphatic rings. The summed E-state index contributed by atoms with van der Waals surface area (Å²) in [6, 6.07) is 0. The predicted octanol–water partition coefficient (Wildman–Crippen LogP) is -1.57. The second-order valence-electron chi connectivity index (χ2n) is 9.60. The Morgan fingerprint density at radius 2 is 1.86 bits per heavy atom. The Morgan fingerprint density at radius 1 is 1.14 bits per heavy atom. The van der Waals surface area contributed by atoms with E-state index in [4.69, 9.17) is 18.9 Å². The highest BCUT2D eigenvalue weighted by Gasteiger charge is 2.89. The lowest BCUT2D eigenvalue weighted by Gasteiger charge is -2.54. The monoisotopic (exact) mass is 394 g/mol. The second-order valence-corrected chi connectivity index (χ2v) is 9.60. The van der Waals surface area contributed by atoms with Crippen LogP contribution in [0.15, 0.2) is 11.6 Å². The lowest BCUT2D eigenvalue weighted by Crippen LogP contribution is -2.68. The summed E-state index contributed by atoms with van der Waals surface area (Å²) in [4.78, 5) is 25.3. The van der Waals surface area contributed by atoms with Crippen LogP contribution < -0.4 is 0 Å². The smallest absolute Gasteiger partial charge is 0.331 e. The minimum absolute atomic E-state index is 0.406. The molecule has 5 fully saturated rings.